The Morgan fingerprint density at radius 1 is 0.933 bits per heavy atom. The number of hydrogen-bond acceptors (Lipinski definition) is 4. The third-order valence-corrected chi connectivity index (χ3v) is 1.84. The first-order valence-corrected chi connectivity index (χ1v) is 5.78. The van der Waals surface area contributed by atoms with Crippen LogP contribution in [0.3, 0.4) is 0 Å². The Morgan fingerprint density at radius 3 is 2.07 bits per heavy atom. The smallest absolute Gasteiger partial charge is 0.0701 e. The Morgan fingerprint density at radius 2 is 1.53 bits per heavy atom. The fourth-order valence-corrected chi connectivity index (χ4v) is 1.03. The van der Waals surface area contributed by atoms with Crippen LogP contribution in [-0.2, 0) is 9.47 Å². The molecular weight excluding hydrogens is 192 g/mol. The molecule has 0 aromatic carbocycles. The largest absolute Gasteiger partial charge is 0.378 e. The van der Waals surface area contributed by atoms with E-state index in [1.807, 2.05) is 7.05 Å². The van der Waals surface area contributed by atoms with E-state index < -0.39 is 0 Å². The van der Waals surface area contributed by atoms with E-state index >= 15 is 0 Å². The molecule has 0 saturated heterocycles. The van der Waals surface area contributed by atoms with Gasteiger partial charge in [-0.05, 0) is 19.5 Å². The van der Waals surface area contributed by atoms with E-state index in [1.54, 1.807) is 0 Å². The lowest BCUT2D eigenvalue weighted by atomic mass is 10.2. The van der Waals surface area contributed by atoms with Gasteiger partial charge in [-0.3, -0.25) is 0 Å². The molecule has 0 aromatic heterocycles. The van der Waals surface area contributed by atoms with Crippen molar-refractivity contribution >= 4 is 0 Å². The maximum absolute atomic E-state index is 5.39. The second-order valence-electron chi connectivity index (χ2n) is 3.93. The highest BCUT2D eigenvalue weighted by atomic mass is 16.5. The van der Waals surface area contributed by atoms with Crippen molar-refractivity contribution in [2.75, 3.05) is 53.1 Å². The van der Waals surface area contributed by atoms with Gasteiger partial charge in [-0.25, -0.2) is 0 Å². The SMILES string of the molecule is CNCCOCCOCCNCC(C)C. The Hall–Kier alpha value is -0.160. The van der Waals surface area contributed by atoms with Gasteiger partial charge < -0.3 is 20.1 Å². The molecule has 15 heavy (non-hydrogen) atoms. The summed E-state index contributed by atoms with van der Waals surface area (Å²) in [5.74, 6) is 0.704. The molecule has 0 heterocycles. The maximum Gasteiger partial charge on any atom is 0.0701 e. The molecular formula is C11H26N2O2. The van der Waals surface area contributed by atoms with E-state index in [0.717, 1.165) is 32.8 Å². The fraction of sp³-hybridized carbons (Fsp3) is 1.00. The minimum Gasteiger partial charge on any atom is -0.378 e. The minimum absolute atomic E-state index is 0.686. The van der Waals surface area contributed by atoms with E-state index in [0.29, 0.717) is 19.1 Å². The van der Waals surface area contributed by atoms with E-state index in [9.17, 15) is 0 Å². The lowest BCUT2D eigenvalue weighted by molar-refractivity contribution is 0.0502. The normalized spacial score (nSPS) is 11.2. The van der Waals surface area contributed by atoms with Crippen LogP contribution >= 0.6 is 0 Å². The Balaban J connectivity index is 2.87. The van der Waals surface area contributed by atoms with E-state index in [2.05, 4.69) is 24.5 Å². The minimum atomic E-state index is 0.686. The summed E-state index contributed by atoms with van der Waals surface area (Å²) in [5.41, 5.74) is 0. The molecule has 0 rings (SSSR count). The summed E-state index contributed by atoms with van der Waals surface area (Å²) in [6.07, 6.45) is 0. The number of ether oxygens (including phenoxy) is 2. The molecule has 4 nitrogen and oxygen atoms in total. The van der Waals surface area contributed by atoms with Crippen LogP contribution in [0.1, 0.15) is 13.8 Å². The summed E-state index contributed by atoms with van der Waals surface area (Å²) >= 11 is 0. The van der Waals surface area contributed by atoms with Crippen LogP contribution in [0.15, 0.2) is 0 Å². The molecule has 92 valence electrons. The van der Waals surface area contributed by atoms with Gasteiger partial charge in [0.15, 0.2) is 0 Å². The van der Waals surface area contributed by atoms with Crippen molar-refractivity contribution in [3.05, 3.63) is 0 Å². The van der Waals surface area contributed by atoms with Crippen LogP contribution in [0.25, 0.3) is 0 Å². The fourth-order valence-electron chi connectivity index (χ4n) is 1.03. The average Bonchev–Trinajstić information content (AvgIpc) is 2.20. The van der Waals surface area contributed by atoms with Crippen molar-refractivity contribution in [3.63, 3.8) is 0 Å². The Kier molecular flexibility index (Phi) is 11.8. The predicted octanol–water partition coefficient (Wildman–Crippen LogP) is 0.485. The molecule has 4 heteroatoms. The standard InChI is InChI=1S/C11H26N2O2/c1-11(2)10-13-5-7-15-9-8-14-6-4-12-3/h11-13H,4-10H2,1-3H3. The summed E-state index contributed by atoms with van der Waals surface area (Å²) < 4.78 is 10.7. The topological polar surface area (TPSA) is 42.5 Å². The van der Waals surface area contributed by atoms with Crippen molar-refractivity contribution in [1.29, 1.82) is 0 Å². The molecule has 2 N–H and O–H groups in total. The predicted molar refractivity (Wildman–Crippen MR) is 63.3 cm³/mol. The molecule has 0 aliphatic rings. The molecule has 0 saturated carbocycles. The zero-order chi connectivity index (χ0) is 11.4. The van der Waals surface area contributed by atoms with Gasteiger partial charge in [-0.1, -0.05) is 13.8 Å². The van der Waals surface area contributed by atoms with Crippen molar-refractivity contribution in [1.82, 2.24) is 10.6 Å². The van der Waals surface area contributed by atoms with Gasteiger partial charge in [0.1, 0.15) is 0 Å². The highest BCUT2D eigenvalue weighted by Gasteiger charge is 1.93. The maximum atomic E-state index is 5.39. The van der Waals surface area contributed by atoms with Crippen LogP contribution in [0.2, 0.25) is 0 Å². The van der Waals surface area contributed by atoms with E-state index in [1.165, 1.54) is 0 Å². The summed E-state index contributed by atoms with van der Waals surface area (Å²) in [6.45, 7) is 10.2. The summed E-state index contributed by atoms with van der Waals surface area (Å²) in [5, 5.41) is 6.34. The molecule has 0 bridgehead atoms. The highest BCUT2D eigenvalue weighted by molar-refractivity contribution is 4.49. The van der Waals surface area contributed by atoms with Gasteiger partial charge in [0.2, 0.25) is 0 Å². The van der Waals surface area contributed by atoms with Crippen molar-refractivity contribution < 1.29 is 9.47 Å². The molecule has 0 atom stereocenters. The first-order chi connectivity index (χ1) is 7.27. The number of likely N-dealkylation sites (N-methyl/N-ethyl adjacent to an activating group) is 1. The van der Waals surface area contributed by atoms with Crippen molar-refractivity contribution in [2.45, 2.75) is 13.8 Å². The summed E-state index contributed by atoms with van der Waals surface area (Å²) in [6, 6.07) is 0. The van der Waals surface area contributed by atoms with Crippen LogP contribution in [0.5, 0.6) is 0 Å². The lowest BCUT2D eigenvalue weighted by Gasteiger charge is -2.08. The number of nitrogens with one attached hydrogen (secondary N) is 2. The molecule has 0 aliphatic carbocycles. The van der Waals surface area contributed by atoms with Crippen LogP contribution in [0.4, 0.5) is 0 Å². The molecule has 0 radical (unpaired) electrons. The summed E-state index contributed by atoms with van der Waals surface area (Å²) in [4.78, 5) is 0. The molecule has 0 spiro atoms. The molecule has 0 fully saturated rings. The molecule has 0 aromatic rings. The highest BCUT2D eigenvalue weighted by Crippen LogP contribution is 1.86. The monoisotopic (exact) mass is 218 g/mol. The third-order valence-electron chi connectivity index (χ3n) is 1.84. The first-order valence-electron chi connectivity index (χ1n) is 5.78. The van der Waals surface area contributed by atoms with Gasteiger partial charge in [-0.15, -0.1) is 0 Å². The van der Waals surface area contributed by atoms with Gasteiger partial charge in [0, 0.05) is 13.1 Å². The van der Waals surface area contributed by atoms with E-state index in [-0.39, 0.29) is 0 Å². The Bertz CT molecular complexity index is 121. The second kappa shape index (κ2) is 11.9. The first kappa shape index (κ1) is 14.8. The molecule has 0 aliphatic heterocycles. The van der Waals surface area contributed by atoms with Gasteiger partial charge in [-0.2, -0.15) is 0 Å². The Labute approximate surface area is 93.7 Å². The number of rotatable bonds is 11. The van der Waals surface area contributed by atoms with Crippen LogP contribution < -0.4 is 10.6 Å². The second-order valence-corrected chi connectivity index (χ2v) is 3.93. The lowest BCUT2D eigenvalue weighted by Crippen LogP contribution is -2.24. The van der Waals surface area contributed by atoms with Gasteiger partial charge >= 0.3 is 0 Å². The number of hydrogen-bond donors (Lipinski definition) is 2. The summed E-state index contributed by atoms with van der Waals surface area (Å²) in [7, 11) is 1.92. The van der Waals surface area contributed by atoms with Crippen molar-refractivity contribution in [2.24, 2.45) is 5.92 Å². The third kappa shape index (κ3) is 13.8. The molecule has 0 unspecified atom stereocenters. The van der Waals surface area contributed by atoms with Crippen LogP contribution in [0, 0.1) is 5.92 Å². The van der Waals surface area contributed by atoms with Gasteiger partial charge in [0.25, 0.3) is 0 Å². The van der Waals surface area contributed by atoms with Crippen molar-refractivity contribution in [3.8, 4) is 0 Å². The van der Waals surface area contributed by atoms with Crippen LogP contribution in [-0.4, -0.2) is 53.1 Å². The van der Waals surface area contributed by atoms with E-state index in [4.69, 9.17) is 9.47 Å². The average molecular weight is 218 g/mol. The quantitative estimate of drug-likeness (QED) is 0.495. The zero-order valence-electron chi connectivity index (χ0n) is 10.3. The zero-order valence-corrected chi connectivity index (χ0v) is 10.3. The molecule has 0 amide bonds. The van der Waals surface area contributed by atoms with Gasteiger partial charge in [0.05, 0.1) is 26.4 Å².